The Hall–Kier alpha value is -6.35. The number of hydrogen-bond donors (Lipinski definition) is 1. The Morgan fingerprint density at radius 2 is 1.26 bits per heavy atom. The van der Waals surface area contributed by atoms with E-state index in [-0.39, 0.29) is 37.6 Å². The minimum absolute atomic E-state index is 0. The second kappa shape index (κ2) is 18.5. The molecule has 2 heterocycles. The first-order valence-corrected chi connectivity index (χ1v) is 22.9. The molecule has 0 aliphatic rings. The van der Waals surface area contributed by atoms with Gasteiger partial charge in [-0.2, -0.15) is 0 Å². The van der Waals surface area contributed by atoms with Crippen LogP contribution in [0.1, 0.15) is 77.6 Å². The molecule has 2 aromatic heterocycles. The number of aromatic hydroxyl groups is 1. The monoisotopic (exact) mass is 1040 g/mol. The van der Waals surface area contributed by atoms with E-state index in [9.17, 15) is 5.11 Å². The third kappa shape index (κ3) is 9.35. The van der Waals surface area contributed by atoms with Crippen molar-refractivity contribution in [3.05, 3.63) is 192 Å². The molecule has 5 heteroatoms. The van der Waals surface area contributed by atoms with Gasteiger partial charge in [-0.05, 0) is 93.8 Å². The Morgan fingerprint density at radius 3 is 1.92 bits per heavy atom. The molecule has 0 atom stereocenters. The maximum Gasteiger partial charge on any atom is 0.148 e. The average molecular weight is 1040 g/mol. The van der Waals surface area contributed by atoms with Gasteiger partial charge in [0, 0.05) is 44.1 Å². The summed E-state index contributed by atoms with van der Waals surface area (Å²) >= 11 is 0. The number of phenolic OH excluding ortho intramolecular Hbond substituents is 1. The van der Waals surface area contributed by atoms with Crippen molar-refractivity contribution in [2.45, 2.75) is 79.6 Å². The Morgan fingerprint density at radius 1 is 0.591 bits per heavy atom. The molecule has 0 bridgehead atoms. The van der Waals surface area contributed by atoms with E-state index in [1.165, 1.54) is 11.1 Å². The minimum Gasteiger partial charge on any atom is -0.507 e. The molecule has 0 amide bonds. The van der Waals surface area contributed by atoms with Crippen molar-refractivity contribution in [1.29, 1.82) is 0 Å². The van der Waals surface area contributed by atoms with E-state index in [0.29, 0.717) is 17.3 Å². The maximum atomic E-state index is 12.6. The summed E-state index contributed by atoms with van der Waals surface area (Å²) in [4.78, 5) is 10.6. The van der Waals surface area contributed by atoms with Gasteiger partial charge in [-0.15, -0.1) is 23.8 Å². The first-order chi connectivity index (χ1) is 31.1. The number of pyridine rings is 1. The standard InChI is InChI=1S/C61H58N3O.Pt/c1-39(2)31-41-25-28-55(51(32-41)44-19-14-11-15-20-44)64-56-22-16-21-50(57(56)63-59(64)52-37-49(60(4,5)6)38-53(58(52)65)61(7,8)9)47-33-46(42-17-12-10-13-18-42)34-48(35-47)54-36-45(29-30-62-54)43-26-23-40(3)24-27-43;/h10-30,32-34,36-39,65H,31H2,1-9H3;/q-1;. The molecule has 0 saturated heterocycles. The van der Waals surface area contributed by atoms with Gasteiger partial charge in [-0.25, -0.2) is 4.98 Å². The normalized spacial score (nSPS) is 11.8. The molecule has 0 unspecified atom stereocenters. The zero-order valence-electron chi connectivity index (χ0n) is 39.5. The van der Waals surface area contributed by atoms with Crippen LogP contribution in [0.3, 0.4) is 0 Å². The van der Waals surface area contributed by atoms with E-state index >= 15 is 0 Å². The number of hydrogen-bond acceptors (Lipinski definition) is 3. The van der Waals surface area contributed by atoms with Gasteiger partial charge in [0.25, 0.3) is 0 Å². The molecule has 0 aliphatic heterocycles. The van der Waals surface area contributed by atoms with E-state index < -0.39 is 0 Å². The summed E-state index contributed by atoms with van der Waals surface area (Å²) in [6, 6.07) is 59.9. The fraction of sp³-hybridized carbons (Fsp3) is 0.213. The van der Waals surface area contributed by atoms with Crippen LogP contribution in [0.4, 0.5) is 0 Å². The molecule has 334 valence electrons. The van der Waals surface area contributed by atoms with E-state index in [2.05, 4.69) is 231 Å². The summed E-state index contributed by atoms with van der Waals surface area (Å²) in [6.45, 7) is 19.8. The van der Waals surface area contributed by atoms with Gasteiger partial charge in [0.15, 0.2) is 0 Å². The third-order valence-corrected chi connectivity index (χ3v) is 12.4. The van der Waals surface area contributed by atoms with Crippen molar-refractivity contribution in [1.82, 2.24) is 14.5 Å². The third-order valence-electron chi connectivity index (χ3n) is 12.4. The Bertz CT molecular complexity index is 3170. The van der Waals surface area contributed by atoms with Crippen LogP contribution in [0.25, 0.3) is 83.9 Å². The molecule has 1 N–H and O–H groups in total. The number of aromatic nitrogens is 3. The quantitative estimate of drug-likeness (QED) is 0.147. The predicted octanol–water partition coefficient (Wildman–Crippen LogP) is 16.0. The number of rotatable bonds is 9. The SMILES string of the molecule is Cc1ccc(-c2ccnc(-c3[c-]c(-c4cccc5c4nc(-c4cc(C(C)(C)C)cc(C(C)(C)C)c4O)n5-c4ccc(CC(C)C)cc4-c4ccccc4)cc(-c4ccccc4)c3)c2)cc1.[Pt]. The van der Waals surface area contributed by atoms with Gasteiger partial charge in [-0.3, -0.25) is 9.55 Å². The largest absolute Gasteiger partial charge is 0.507 e. The topological polar surface area (TPSA) is 50.9 Å². The van der Waals surface area contributed by atoms with E-state index in [1.54, 1.807) is 0 Å². The van der Waals surface area contributed by atoms with Crippen LogP contribution in [0.2, 0.25) is 0 Å². The first-order valence-electron chi connectivity index (χ1n) is 22.9. The van der Waals surface area contributed by atoms with Gasteiger partial charge in [-0.1, -0.05) is 193 Å². The summed E-state index contributed by atoms with van der Waals surface area (Å²) in [6.07, 6.45) is 2.85. The van der Waals surface area contributed by atoms with E-state index in [1.807, 2.05) is 6.20 Å². The van der Waals surface area contributed by atoms with Gasteiger partial charge < -0.3 is 5.11 Å². The first kappa shape index (κ1) is 46.2. The van der Waals surface area contributed by atoms with Gasteiger partial charge in [0.2, 0.25) is 0 Å². The van der Waals surface area contributed by atoms with Gasteiger partial charge >= 0.3 is 0 Å². The number of para-hydroxylation sites is 1. The average Bonchev–Trinajstić information content (AvgIpc) is 3.68. The van der Waals surface area contributed by atoms with Crippen LogP contribution in [-0.2, 0) is 38.3 Å². The van der Waals surface area contributed by atoms with Gasteiger partial charge in [0.05, 0.1) is 22.3 Å². The fourth-order valence-electron chi connectivity index (χ4n) is 8.93. The predicted molar refractivity (Wildman–Crippen MR) is 273 cm³/mol. The minimum atomic E-state index is -0.330. The Kier molecular flexibility index (Phi) is 12.9. The van der Waals surface area contributed by atoms with Crippen molar-refractivity contribution < 1.29 is 26.2 Å². The van der Waals surface area contributed by atoms with Crippen LogP contribution < -0.4 is 0 Å². The van der Waals surface area contributed by atoms with Crippen LogP contribution in [-0.4, -0.2) is 19.6 Å². The Balaban J connectivity index is 0.00000592. The molecule has 0 spiro atoms. The number of benzene rings is 7. The molecule has 0 fully saturated rings. The molecule has 0 radical (unpaired) electrons. The second-order valence-electron chi connectivity index (χ2n) is 20.0. The zero-order valence-corrected chi connectivity index (χ0v) is 41.8. The summed E-state index contributed by atoms with van der Waals surface area (Å²) < 4.78 is 2.28. The molecule has 9 rings (SSSR count). The zero-order chi connectivity index (χ0) is 45.6. The molecule has 4 nitrogen and oxygen atoms in total. The number of imidazole rings is 1. The summed E-state index contributed by atoms with van der Waals surface area (Å²) in [5.41, 5.74) is 17.7. The summed E-state index contributed by atoms with van der Waals surface area (Å²) in [5.74, 6) is 1.43. The van der Waals surface area contributed by atoms with Crippen molar-refractivity contribution in [2.75, 3.05) is 0 Å². The molecule has 0 saturated carbocycles. The molecule has 0 aliphatic carbocycles. The van der Waals surface area contributed by atoms with Crippen LogP contribution in [0.15, 0.2) is 164 Å². The molecular formula is C61H58N3OPt-. The molecule has 9 aromatic rings. The van der Waals surface area contributed by atoms with Crippen molar-refractivity contribution in [3.63, 3.8) is 0 Å². The van der Waals surface area contributed by atoms with Gasteiger partial charge in [0.1, 0.15) is 11.6 Å². The van der Waals surface area contributed by atoms with Crippen LogP contribution in [0, 0.1) is 18.9 Å². The van der Waals surface area contributed by atoms with Crippen molar-refractivity contribution >= 4 is 11.0 Å². The number of fused-ring (bicyclic) bond motifs is 1. The number of nitrogens with zero attached hydrogens (tertiary/aromatic N) is 3. The number of phenols is 1. The van der Waals surface area contributed by atoms with Crippen LogP contribution >= 0.6 is 0 Å². The smallest absolute Gasteiger partial charge is 0.148 e. The second-order valence-corrected chi connectivity index (χ2v) is 20.0. The van der Waals surface area contributed by atoms with E-state index in [0.717, 1.165) is 90.0 Å². The molecular weight excluding hydrogens is 986 g/mol. The summed E-state index contributed by atoms with van der Waals surface area (Å²) in [5, 5.41) is 12.6. The molecule has 66 heavy (non-hydrogen) atoms. The maximum absolute atomic E-state index is 12.6. The Labute approximate surface area is 405 Å². The van der Waals surface area contributed by atoms with Crippen molar-refractivity contribution in [3.8, 4) is 78.6 Å². The van der Waals surface area contributed by atoms with Crippen molar-refractivity contribution in [2.24, 2.45) is 5.92 Å². The summed E-state index contributed by atoms with van der Waals surface area (Å²) in [7, 11) is 0. The van der Waals surface area contributed by atoms with E-state index in [4.69, 9.17) is 9.97 Å². The van der Waals surface area contributed by atoms with Crippen LogP contribution in [0.5, 0.6) is 5.75 Å². The molecule has 7 aromatic carbocycles. The fourth-order valence-corrected chi connectivity index (χ4v) is 8.93. The number of aryl methyl sites for hydroxylation is 1.